The lowest BCUT2D eigenvalue weighted by atomic mass is 10.2. The predicted octanol–water partition coefficient (Wildman–Crippen LogP) is 1.26. The maximum absolute atomic E-state index is 11.9. The van der Waals surface area contributed by atoms with Crippen molar-refractivity contribution < 1.29 is 18.0 Å². The molecule has 1 aromatic carbocycles. The molecule has 0 spiro atoms. The SMILES string of the molecule is CN(CC(=O)NCC(F)(F)F)c1ccc(CN)cc1. The number of nitrogens with one attached hydrogen (secondary N) is 1. The van der Waals surface area contributed by atoms with Crippen LogP contribution < -0.4 is 16.0 Å². The van der Waals surface area contributed by atoms with Crippen molar-refractivity contribution in [2.45, 2.75) is 12.7 Å². The highest BCUT2D eigenvalue weighted by molar-refractivity contribution is 5.81. The highest BCUT2D eigenvalue weighted by Crippen LogP contribution is 2.14. The Bertz CT molecular complexity index is 417. The molecular formula is C12H16F3N3O. The number of hydrogen-bond acceptors (Lipinski definition) is 3. The first-order valence-electron chi connectivity index (χ1n) is 5.65. The van der Waals surface area contributed by atoms with E-state index in [1.54, 1.807) is 36.2 Å². The van der Waals surface area contributed by atoms with Crippen LogP contribution in [0.5, 0.6) is 0 Å². The molecule has 19 heavy (non-hydrogen) atoms. The van der Waals surface area contributed by atoms with Gasteiger partial charge in [-0.3, -0.25) is 4.79 Å². The lowest BCUT2D eigenvalue weighted by Gasteiger charge is -2.19. The minimum absolute atomic E-state index is 0.141. The smallest absolute Gasteiger partial charge is 0.365 e. The Balaban J connectivity index is 2.49. The number of rotatable bonds is 5. The molecule has 0 saturated heterocycles. The molecule has 0 fully saturated rings. The van der Waals surface area contributed by atoms with Gasteiger partial charge in [-0.05, 0) is 17.7 Å². The van der Waals surface area contributed by atoms with Crippen molar-refractivity contribution in [1.82, 2.24) is 5.32 Å². The second kappa shape index (κ2) is 6.42. The van der Waals surface area contributed by atoms with Crippen LogP contribution in [0.4, 0.5) is 18.9 Å². The second-order valence-corrected chi connectivity index (χ2v) is 4.12. The summed E-state index contributed by atoms with van der Waals surface area (Å²) in [4.78, 5) is 12.9. The molecule has 1 rings (SSSR count). The number of carbonyl (C=O) groups is 1. The van der Waals surface area contributed by atoms with Crippen molar-refractivity contribution in [2.24, 2.45) is 5.73 Å². The number of carbonyl (C=O) groups excluding carboxylic acids is 1. The Morgan fingerprint density at radius 3 is 2.37 bits per heavy atom. The van der Waals surface area contributed by atoms with Gasteiger partial charge in [-0.15, -0.1) is 0 Å². The van der Waals surface area contributed by atoms with E-state index in [1.807, 2.05) is 5.32 Å². The zero-order valence-electron chi connectivity index (χ0n) is 10.5. The van der Waals surface area contributed by atoms with E-state index in [-0.39, 0.29) is 6.54 Å². The van der Waals surface area contributed by atoms with Crippen LogP contribution in [0.25, 0.3) is 0 Å². The summed E-state index contributed by atoms with van der Waals surface area (Å²) in [5.74, 6) is -0.678. The molecule has 0 aromatic heterocycles. The van der Waals surface area contributed by atoms with Crippen LogP contribution in [-0.2, 0) is 11.3 Å². The van der Waals surface area contributed by atoms with E-state index in [1.165, 1.54) is 0 Å². The normalized spacial score (nSPS) is 11.2. The molecule has 0 atom stereocenters. The summed E-state index contributed by atoms with van der Waals surface area (Å²) in [7, 11) is 1.63. The van der Waals surface area contributed by atoms with Gasteiger partial charge in [0.2, 0.25) is 5.91 Å². The van der Waals surface area contributed by atoms with Crippen molar-refractivity contribution in [1.29, 1.82) is 0 Å². The maximum atomic E-state index is 11.9. The first kappa shape index (κ1) is 15.3. The second-order valence-electron chi connectivity index (χ2n) is 4.12. The monoisotopic (exact) mass is 275 g/mol. The Hall–Kier alpha value is -1.76. The van der Waals surface area contributed by atoms with Crippen molar-refractivity contribution in [2.75, 3.05) is 25.0 Å². The van der Waals surface area contributed by atoms with E-state index in [0.717, 1.165) is 11.3 Å². The molecule has 0 bridgehead atoms. The number of alkyl halides is 3. The van der Waals surface area contributed by atoms with Gasteiger partial charge in [-0.2, -0.15) is 13.2 Å². The molecule has 1 amide bonds. The Morgan fingerprint density at radius 1 is 1.32 bits per heavy atom. The van der Waals surface area contributed by atoms with Crippen molar-refractivity contribution in [3.63, 3.8) is 0 Å². The topological polar surface area (TPSA) is 58.4 Å². The highest BCUT2D eigenvalue weighted by atomic mass is 19.4. The summed E-state index contributed by atoms with van der Waals surface area (Å²) in [6.07, 6.45) is -4.39. The number of amides is 1. The van der Waals surface area contributed by atoms with Gasteiger partial charge in [0.05, 0.1) is 6.54 Å². The molecule has 0 aliphatic heterocycles. The zero-order chi connectivity index (χ0) is 14.5. The third-order valence-corrected chi connectivity index (χ3v) is 2.48. The molecule has 0 aliphatic rings. The molecule has 7 heteroatoms. The summed E-state index contributed by atoms with van der Waals surface area (Å²) < 4.78 is 35.8. The van der Waals surface area contributed by atoms with Crippen LogP contribution >= 0.6 is 0 Å². The van der Waals surface area contributed by atoms with Crippen LogP contribution in [0.1, 0.15) is 5.56 Å². The fourth-order valence-electron chi connectivity index (χ4n) is 1.45. The van der Waals surface area contributed by atoms with Gasteiger partial charge in [0, 0.05) is 19.3 Å². The van der Waals surface area contributed by atoms with Crippen LogP contribution in [0, 0.1) is 0 Å². The van der Waals surface area contributed by atoms with Crippen LogP contribution in [-0.4, -0.2) is 32.2 Å². The lowest BCUT2D eigenvalue weighted by molar-refractivity contribution is -0.137. The van der Waals surface area contributed by atoms with Crippen LogP contribution in [0.3, 0.4) is 0 Å². The van der Waals surface area contributed by atoms with Crippen molar-refractivity contribution in [3.05, 3.63) is 29.8 Å². The number of hydrogen-bond donors (Lipinski definition) is 2. The molecule has 3 N–H and O–H groups in total. The Kier molecular flexibility index (Phi) is 5.17. The molecule has 0 heterocycles. The summed E-state index contributed by atoms with van der Waals surface area (Å²) in [5, 5.41) is 1.82. The highest BCUT2D eigenvalue weighted by Gasteiger charge is 2.27. The predicted molar refractivity (Wildman–Crippen MR) is 66.7 cm³/mol. The quantitative estimate of drug-likeness (QED) is 0.850. The van der Waals surface area contributed by atoms with Crippen molar-refractivity contribution >= 4 is 11.6 Å². The van der Waals surface area contributed by atoms with E-state index in [9.17, 15) is 18.0 Å². The van der Waals surface area contributed by atoms with Gasteiger partial charge >= 0.3 is 6.18 Å². The number of nitrogens with zero attached hydrogens (tertiary/aromatic N) is 1. The number of halogens is 3. The fourth-order valence-corrected chi connectivity index (χ4v) is 1.45. The summed E-state index contributed by atoms with van der Waals surface area (Å²) in [6.45, 7) is -1.04. The van der Waals surface area contributed by atoms with Gasteiger partial charge in [-0.25, -0.2) is 0 Å². The third kappa shape index (κ3) is 5.60. The largest absolute Gasteiger partial charge is 0.405 e. The van der Waals surface area contributed by atoms with E-state index in [0.29, 0.717) is 6.54 Å². The van der Waals surface area contributed by atoms with Gasteiger partial charge in [-0.1, -0.05) is 12.1 Å². The number of benzene rings is 1. The minimum atomic E-state index is -4.39. The third-order valence-electron chi connectivity index (χ3n) is 2.48. The summed E-state index contributed by atoms with van der Waals surface area (Å²) >= 11 is 0. The van der Waals surface area contributed by atoms with Gasteiger partial charge < -0.3 is 16.0 Å². The van der Waals surface area contributed by atoms with Crippen molar-refractivity contribution in [3.8, 4) is 0 Å². The standard InChI is InChI=1S/C12H16F3N3O/c1-18(7-11(19)17-8-12(13,14)15)10-4-2-9(6-16)3-5-10/h2-5H,6-8,16H2,1H3,(H,17,19). The molecule has 106 valence electrons. The average Bonchev–Trinajstić information content (AvgIpc) is 2.35. The number of likely N-dealkylation sites (N-methyl/N-ethyl adjacent to an activating group) is 1. The molecular weight excluding hydrogens is 259 g/mol. The molecule has 0 unspecified atom stereocenters. The minimum Gasteiger partial charge on any atom is -0.365 e. The van der Waals surface area contributed by atoms with Gasteiger partial charge in [0.15, 0.2) is 0 Å². The summed E-state index contributed by atoms with van der Waals surface area (Å²) in [6, 6.07) is 7.14. The fraction of sp³-hybridized carbons (Fsp3) is 0.417. The van der Waals surface area contributed by atoms with Crippen LogP contribution in [0.15, 0.2) is 24.3 Å². The van der Waals surface area contributed by atoms with E-state index < -0.39 is 18.6 Å². The van der Waals surface area contributed by atoms with Crippen LogP contribution in [0.2, 0.25) is 0 Å². The molecule has 0 aliphatic carbocycles. The molecule has 0 saturated carbocycles. The van der Waals surface area contributed by atoms with E-state index >= 15 is 0 Å². The molecule has 4 nitrogen and oxygen atoms in total. The van der Waals surface area contributed by atoms with Gasteiger partial charge in [0.25, 0.3) is 0 Å². The summed E-state index contributed by atoms with van der Waals surface area (Å²) in [5.41, 5.74) is 7.13. The van der Waals surface area contributed by atoms with Gasteiger partial charge in [0.1, 0.15) is 6.54 Å². The van der Waals surface area contributed by atoms with E-state index in [4.69, 9.17) is 5.73 Å². The zero-order valence-corrected chi connectivity index (χ0v) is 10.5. The first-order valence-corrected chi connectivity index (χ1v) is 5.65. The van der Waals surface area contributed by atoms with E-state index in [2.05, 4.69) is 0 Å². The number of nitrogens with two attached hydrogens (primary N) is 1. The first-order chi connectivity index (χ1) is 8.81. The average molecular weight is 275 g/mol. The Morgan fingerprint density at radius 2 is 1.89 bits per heavy atom. The lowest BCUT2D eigenvalue weighted by Crippen LogP contribution is -2.39. The number of anilines is 1. The Labute approximate surface area is 109 Å². The molecule has 0 radical (unpaired) electrons. The molecule has 1 aromatic rings. The maximum Gasteiger partial charge on any atom is 0.405 e.